The summed E-state index contributed by atoms with van der Waals surface area (Å²) in [6.45, 7) is 0.861. The van der Waals surface area contributed by atoms with Crippen LogP contribution < -0.4 is 18.9 Å². The minimum Gasteiger partial charge on any atom is -0.504 e. The first-order valence-corrected chi connectivity index (χ1v) is 9.48. The van der Waals surface area contributed by atoms with Crippen LogP contribution in [-0.2, 0) is 11.2 Å². The molecule has 2 aromatic carbocycles. The predicted octanol–water partition coefficient (Wildman–Crippen LogP) is 2.43. The molecule has 3 heterocycles. The molecule has 1 unspecified atom stereocenters. The summed E-state index contributed by atoms with van der Waals surface area (Å²) in [7, 11) is 5.06. The van der Waals surface area contributed by atoms with Crippen molar-refractivity contribution in [1.29, 1.82) is 0 Å². The fourth-order valence-corrected chi connectivity index (χ4v) is 4.66. The second kappa shape index (κ2) is 6.69. The molecule has 3 aliphatic rings. The Morgan fingerprint density at radius 2 is 1.97 bits per heavy atom. The molecule has 0 saturated heterocycles. The Morgan fingerprint density at radius 1 is 1.14 bits per heavy atom. The molecule has 0 spiro atoms. The summed E-state index contributed by atoms with van der Waals surface area (Å²) in [5.41, 5.74) is 3.08. The first-order valence-electron chi connectivity index (χ1n) is 9.48. The number of phenols is 1. The highest BCUT2D eigenvalue weighted by Gasteiger charge is 2.45. The van der Waals surface area contributed by atoms with Crippen molar-refractivity contribution in [1.82, 2.24) is 4.90 Å². The Morgan fingerprint density at radius 3 is 2.72 bits per heavy atom. The number of phenolic OH excluding ortho intramolecular Hbond substituents is 1. The van der Waals surface area contributed by atoms with Crippen molar-refractivity contribution in [3.05, 3.63) is 40.5 Å². The van der Waals surface area contributed by atoms with Gasteiger partial charge in [0.25, 0.3) is 0 Å². The lowest BCUT2D eigenvalue weighted by atomic mass is 9.85. The number of fused-ring (bicyclic) bond motifs is 3. The van der Waals surface area contributed by atoms with Gasteiger partial charge in [-0.2, -0.15) is 0 Å². The van der Waals surface area contributed by atoms with Gasteiger partial charge in [0.05, 0.1) is 25.8 Å². The van der Waals surface area contributed by atoms with Gasteiger partial charge in [-0.1, -0.05) is 6.07 Å². The van der Waals surface area contributed by atoms with E-state index in [-0.39, 0.29) is 18.6 Å². The second-order valence-corrected chi connectivity index (χ2v) is 7.42. The monoisotopic (exact) mass is 401 g/mol. The predicted molar refractivity (Wildman–Crippen MR) is 102 cm³/mol. The van der Waals surface area contributed by atoms with Gasteiger partial charge < -0.3 is 33.9 Å². The summed E-state index contributed by atoms with van der Waals surface area (Å²) >= 11 is 0. The molecular formula is C21H23NO7. The number of likely N-dealkylation sites (N-methyl/N-ethyl adjacent to an activating group) is 1. The van der Waals surface area contributed by atoms with E-state index in [1.165, 1.54) is 7.11 Å². The van der Waals surface area contributed by atoms with Crippen molar-refractivity contribution in [2.45, 2.75) is 24.9 Å². The van der Waals surface area contributed by atoms with Crippen LogP contribution >= 0.6 is 0 Å². The Labute approximate surface area is 168 Å². The Hall–Kier alpha value is -2.68. The topological polar surface area (TPSA) is 89.9 Å². The summed E-state index contributed by atoms with van der Waals surface area (Å²) in [6.07, 6.45) is -0.897. The van der Waals surface area contributed by atoms with Gasteiger partial charge in [-0.25, -0.2) is 0 Å². The fourth-order valence-electron chi connectivity index (χ4n) is 4.66. The largest absolute Gasteiger partial charge is 0.504 e. The average molecular weight is 401 g/mol. The van der Waals surface area contributed by atoms with Gasteiger partial charge in [0.15, 0.2) is 29.3 Å². The molecule has 0 fully saturated rings. The van der Waals surface area contributed by atoms with Gasteiger partial charge in [0, 0.05) is 12.1 Å². The molecule has 0 saturated carbocycles. The Kier molecular flexibility index (Phi) is 4.23. The quantitative estimate of drug-likeness (QED) is 0.811. The molecule has 3 aliphatic heterocycles. The lowest BCUT2D eigenvalue weighted by Crippen LogP contribution is -2.36. The number of aliphatic hydroxyl groups excluding tert-OH is 1. The molecule has 154 valence electrons. The van der Waals surface area contributed by atoms with E-state index >= 15 is 0 Å². The van der Waals surface area contributed by atoms with E-state index < -0.39 is 12.4 Å². The molecule has 8 heteroatoms. The summed E-state index contributed by atoms with van der Waals surface area (Å²) < 4.78 is 27.8. The van der Waals surface area contributed by atoms with Crippen LogP contribution in [-0.4, -0.2) is 49.7 Å². The molecule has 29 heavy (non-hydrogen) atoms. The van der Waals surface area contributed by atoms with Crippen LogP contribution in [0.5, 0.6) is 28.7 Å². The van der Waals surface area contributed by atoms with E-state index in [9.17, 15) is 10.2 Å². The molecule has 2 N–H and O–H groups in total. The summed E-state index contributed by atoms with van der Waals surface area (Å²) in [5, 5.41) is 21.7. The van der Waals surface area contributed by atoms with E-state index in [4.69, 9.17) is 23.7 Å². The maximum Gasteiger partial charge on any atom is 0.231 e. The standard InChI is InChI=1S/C21H23NO7/c1-22-7-6-10-8-13-20(28-9-27-13)17(23)14(10)16(22)18-11-4-5-12(25-2)19(26-3)15(11)21(24)29-18/h4-5,8,16,18,21,23-24H,6-7,9H2,1-3H3/t16-,18+,21?/m1/s1. The molecule has 8 nitrogen and oxygen atoms in total. The molecule has 2 aromatic rings. The van der Waals surface area contributed by atoms with Gasteiger partial charge in [0.2, 0.25) is 12.5 Å². The van der Waals surface area contributed by atoms with Crippen LogP contribution in [0.15, 0.2) is 18.2 Å². The number of methoxy groups -OCH3 is 2. The number of hydrogen-bond donors (Lipinski definition) is 2. The zero-order valence-electron chi connectivity index (χ0n) is 16.5. The van der Waals surface area contributed by atoms with Crippen LogP contribution in [0.3, 0.4) is 0 Å². The zero-order valence-corrected chi connectivity index (χ0v) is 16.5. The van der Waals surface area contributed by atoms with Crippen molar-refractivity contribution >= 4 is 0 Å². The van der Waals surface area contributed by atoms with E-state index in [1.54, 1.807) is 13.2 Å². The van der Waals surface area contributed by atoms with Gasteiger partial charge in [-0.3, -0.25) is 4.90 Å². The third-order valence-corrected chi connectivity index (χ3v) is 6.00. The Bertz CT molecular complexity index is 976. The molecule has 5 rings (SSSR count). The smallest absolute Gasteiger partial charge is 0.231 e. The summed E-state index contributed by atoms with van der Waals surface area (Å²) in [5.74, 6) is 1.96. The van der Waals surface area contributed by atoms with Crippen LogP contribution in [0.1, 0.15) is 40.7 Å². The van der Waals surface area contributed by atoms with Crippen LogP contribution in [0.2, 0.25) is 0 Å². The maximum absolute atomic E-state index is 11.0. The average Bonchev–Trinajstić information content (AvgIpc) is 3.32. The number of ether oxygens (including phenoxy) is 5. The van der Waals surface area contributed by atoms with Crippen LogP contribution in [0, 0.1) is 0 Å². The van der Waals surface area contributed by atoms with E-state index in [0.717, 1.165) is 29.7 Å². The summed E-state index contributed by atoms with van der Waals surface area (Å²) in [4.78, 5) is 2.12. The SMILES string of the molecule is COc1ccc2c(c1OC)C(O)O[C@@H]2[C@H]1c2c(cc3c(c2O)OCO3)CCN1C. The van der Waals surface area contributed by atoms with Gasteiger partial charge in [0.1, 0.15) is 6.10 Å². The van der Waals surface area contributed by atoms with Crippen LogP contribution in [0.25, 0.3) is 0 Å². The van der Waals surface area contributed by atoms with Gasteiger partial charge in [-0.05, 0) is 36.7 Å². The highest BCUT2D eigenvalue weighted by molar-refractivity contribution is 5.62. The Balaban J connectivity index is 1.66. The van der Waals surface area contributed by atoms with Crippen molar-refractivity contribution in [2.75, 3.05) is 34.6 Å². The van der Waals surface area contributed by atoms with Crippen molar-refractivity contribution < 1.29 is 33.9 Å². The molecule has 0 amide bonds. The minimum atomic E-state index is -1.16. The maximum atomic E-state index is 11.0. The fraction of sp³-hybridized carbons (Fsp3) is 0.429. The third-order valence-electron chi connectivity index (χ3n) is 6.00. The highest BCUT2D eigenvalue weighted by Crippen LogP contribution is 2.56. The van der Waals surface area contributed by atoms with Crippen molar-refractivity contribution in [2.24, 2.45) is 0 Å². The van der Waals surface area contributed by atoms with E-state index in [0.29, 0.717) is 28.6 Å². The van der Waals surface area contributed by atoms with Gasteiger partial charge in [-0.15, -0.1) is 0 Å². The van der Waals surface area contributed by atoms with Crippen molar-refractivity contribution in [3.8, 4) is 28.7 Å². The number of hydrogen-bond acceptors (Lipinski definition) is 8. The first-order chi connectivity index (χ1) is 14.0. The number of benzene rings is 2. The number of aliphatic hydroxyl groups is 1. The molecular weight excluding hydrogens is 378 g/mol. The lowest BCUT2D eigenvalue weighted by molar-refractivity contribution is -0.142. The number of aromatic hydroxyl groups is 1. The van der Waals surface area contributed by atoms with Crippen molar-refractivity contribution in [3.63, 3.8) is 0 Å². The molecule has 0 aromatic heterocycles. The summed E-state index contributed by atoms with van der Waals surface area (Å²) in [6, 6.07) is 5.29. The normalized spacial score (nSPS) is 24.9. The molecule has 3 atom stereocenters. The first kappa shape index (κ1) is 18.4. The number of rotatable bonds is 3. The third kappa shape index (κ3) is 2.56. The molecule has 0 bridgehead atoms. The zero-order chi connectivity index (χ0) is 20.3. The minimum absolute atomic E-state index is 0.0681. The highest BCUT2D eigenvalue weighted by atomic mass is 16.7. The molecule has 0 aliphatic carbocycles. The van der Waals surface area contributed by atoms with E-state index in [1.807, 2.05) is 19.2 Å². The van der Waals surface area contributed by atoms with E-state index in [2.05, 4.69) is 4.90 Å². The second-order valence-electron chi connectivity index (χ2n) is 7.42. The van der Waals surface area contributed by atoms with Crippen LogP contribution in [0.4, 0.5) is 0 Å². The molecule has 0 radical (unpaired) electrons. The number of nitrogens with zero attached hydrogens (tertiary/aromatic N) is 1. The lowest BCUT2D eigenvalue weighted by Gasteiger charge is -2.38. The van der Waals surface area contributed by atoms with Gasteiger partial charge >= 0.3 is 0 Å².